The van der Waals surface area contributed by atoms with Crippen molar-refractivity contribution in [1.29, 1.82) is 0 Å². The van der Waals surface area contributed by atoms with Gasteiger partial charge in [-0.1, -0.05) is 121 Å². The lowest BCUT2D eigenvalue weighted by atomic mass is 9.97. The molecule has 10 aromatic rings. The quantitative estimate of drug-likeness (QED) is 0.204. The summed E-state index contributed by atoms with van der Waals surface area (Å²) in [5, 5.41) is 10.5. The number of hydrogen-bond acceptors (Lipinski definition) is 3. The minimum absolute atomic E-state index is 0.548. The summed E-state index contributed by atoms with van der Waals surface area (Å²) >= 11 is 1.70. The molecule has 0 saturated carbocycles. The molecule has 3 nitrogen and oxygen atoms in total. The molecule has 0 spiro atoms. The van der Waals surface area contributed by atoms with E-state index in [1.807, 2.05) is 24.3 Å². The van der Waals surface area contributed by atoms with Gasteiger partial charge in [-0.25, -0.2) is 9.97 Å². The number of nitrogens with zero attached hydrogens (tertiary/aromatic N) is 3. The van der Waals surface area contributed by atoms with Crippen molar-refractivity contribution in [3.8, 4) is 17.2 Å². The van der Waals surface area contributed by atoms with Crippen molar-refractivity contribution in [3.05, 3.63) is 140 Å². The summed E-state index contributed by atoms with van der Waals surface area (Å²) in [4.78, 5) is 10.6. The Hall–Kier alpha value is -5.58. The molecule has 0 fully saturated rings. The Kier molecular flexibility index (Phi) is 4.67. The Balaban J connectivity index is 1.50. The van der Waals surface area contributed by atoms with Gasteiger partial charge in [0.2, 0.25) is 5.95 Å². The minimum Gasteiger partial charge on any atom is -0.276 e. The second-order valence-corrected chi connectivity index (χ2v) is 12.3. The first-order chi connectivity index (χ1) is 22.3. The summed E-state index contributed by atoms with van der Waals surface area (Å²) in [6.07, 6.45) is 0. The molecular formula is C40H23N3S. The Morgan fingerprint density at radius 2 is 1.23 bits per heavy atom. The SMILES string of the molecule is [2H]c1cccc2c1sc1c2c2ccccc2c2c3c4ccccc4ccc3n(-c3nc(-c4ccccc4)c4ccccc4n3)c12. The molecule has 0 amide bonds. The maximum atomic E-state index is 8.84. The van der Waals surface area contributed by atoms with Crippen molar-refractivity contribution in [2.75, 3.05) is 0 Å². The largest absolute Gasteiger partial charge is 0.276 e. The van der Waals surface area contributed by atoms with Gasteiger partial charge in [0.05, 0.1) is 28.3 Å². The molecule has 0 aliphatic rings. The molecule has 0 N–H and O–H groups in total. The summed E-state index contributed by atoms with van der Waals surface area (Å²) in [7, 11) is 0. The molecule has 0 saturated heterocycles. The van der Waals surface area contributed by atoms with Crippen molar-refractivity contribution >= 4 is 85.8 Å². The normalized spacial score (nSPS) is 12.4. The topological polar surface area (TPSA) is 30.7 Å². The van der Waals surface area contributed by atoms with Crippen LogP contribution in [0.3, 0.4) is 0 Å². The first kappa shape index (κ1) is 22.9. The van der Waals surface area contributed by atoms with Gasteiger partial charge >= 0.3 is 0 Å². The molecule has 44 heavy (non-hydrogen) atoms. The Morgan fingerprint density at radius 3 is 2.09 bits per heavy atom. The first-order valence-electron chi connectivity index (χ1n) is 15.3. The molecular weight excluding hydrogens is 555 g/mol. The Morgan fingerprint density at radius 1 is 0.545 bits per heavy atom. The van der Waals surface area contributed by atoms with Crippen molar-refractivity contribution in [3.63, 3.8) is 0 Å². The summed E-state index contributed by atoms with van der Waals surface area (Å²) in [6.45, 7) is 0. The number of thiophene rings is 1. The second kappa shape index (κ2) is 8.96. The van der Waals surface area contributed by atoms with E-state index in [0.29, 0.717) is 12.0 Å². The fourth-order valence-electron chi connectivity index (χ4n) is 7.06. The summed E-state index contributed by atoms with van der Waals surface area (Å²) in [5.74, 6) is 0.642. The Bertz CT molecular complexity index is 2830. The average molecular weight is 579 g/mol. The van der Waals surface area contributed by atoms with Crippen LogP contribution in [0, 0.1) is 0 Å². The zero-order valence-electron chi connectivity index (χ0n) is 24.5. The van der Waals surface area contributed by atoms with Crippen LogP contribution in [0.2, 0.25) is 0 Å². The van der Waals surface area contributed by atoms with Gasteiger partial charge in [-0.3, -0.25) is 4.57 Å². The lowest BCUT2D eigenvalue weighted by Crippen LogP contribution is -2.03. The molecule has 3 heterocycles. The first-order valence-corrected chi connectivity index (χ1v) is 15.6. The molecule has 0 aliphatic heterocycles. The molecule has 204 valence electrons. The van der Waals surface area contributed by atoms with E-state index in [1.165, 1.54) is 37.7 Å². The fraction of sp³-hybridized carbons (Fsp3) is 0. The monoisotopic (exact) mass is 578 g/mol. The van der Waals surface area contributed by atoms with E-state index >= 15 is 0 Å². The van der Waals surface area contributed by atoms with Crippen LogP contribution < -0.4 is 0 Å². The molecule has 0 unspecified atom stereocenters. The predicted molar refractivity (Wildman–Crippen MR) is 187 cm³/mol. The van der Waals surface area contributed by atoms with Crippen LogP contribution in [-0.2, 0) is 0 Å². The van der Waals surface area contributed by atoms with E-state index in [1.54, 1.807) is 11.3 Å². The van der Waals surface area contributed by atoms with Crippen LogP contribution in [0.1, 0.15) is 1.37 Å². The van der Waals surface area contributed by atoms with Gasteiger partial charge in [0.25, 0.3) is 0 Å². The van der Waals surface area contributed by atoms with E-state index in [0.717, 1.165) is 48.0 Å². The highest BCUT2D eigenvalue weighted by atomic mass is 32.1. The van der Waals surface area contributed by atoms with Crippen LogP contribution in [0.15, 0.2) is 140 Å². The third kappa shape index (κ3) is 3.20. The van der Waals surface area contributed by atoms with Crippen LogP contribution in [0.4, 0.5) is 0 Å². The standard InChI is InChI=1S/C40H23N3S/c1-2-13-25(14-3-1)37-29-18-8-10-20-31(29)41-40(42-37)43-32-23-22-24-12-4-5-15-26(24)35(32)36-28-17-7-6-16-27(28)34-30-19-9-11-21-33(30)44-39(34)38(36)43/h1-23H/i21D. The number of fused-ring (bicyclic) bond motifs is 13. The van der Waals surface area contributed by atoms with Gasteiger partial charge in [-0.2, -0.15) is 0 Å². The molecule has 4 heteroatoms. The van der Waals surface area contributed by atoms with Crippen molar-refractivity contribution in [2.45, 2.75) is 0 Å². The predicted octanol–water partition coefficient (Wildman–Crippen LogP) is 11.1. The van der Waals surface area contributed by atoms with E-state index < -0.39 is 0 Å². The zero-order chi connectivity index (χ0) is 29.6. The lowest BCUT2D eigenvalue weighted by Gasteiger charge is -2.12. The van der Waals surface area contributed by atoms with E-state index in [9.17, 15) is 0 Å². The molecule has 3 aromatic heterocycles. The fourth-order valence-corrected chi connectivity index (χ4v) is 8.28. The maximum Gasteiger partial charge on any atom is 0.235 e. The zero-order valence-corrected chi connectivity index (χ0v) is 24.3. The number of aromatic nitrogens is 3. The van der Waals surface area contributed by atoms with E-state index in [-0.39, 0.29) is 0 Å². The van der Waals surface area contributed by atoms with E-state index in [2.05, 4.69) is 114 Å². The summed E-state index contributed by atoms with van der Waals surface area (Å²) < 4.78 is 13.3. The number of hydrogen-bond donors (Lipinski definition) is 0. The highest BCUT2D eigenvalue weighted by Gasteiger charge is 2.24. The third-order valence-electron chi connectivity index (χ3n) is 8.90. The number of para-hydroxylation sites is 1. The van der Waals surface area contributed by atoms with Crippen LogP contribution in [0.5, 0.6) is 0 Å². The smallest absolute Gasteiger partial charge is 0.235 e. The van der Waals surface area contributed by atoms with Gasteiger partial charge in [-0.05, 0) is 39.7 Å². The van der Waals surface area contributed by atoms with Gasteiger partial charge in [0.1, 0.15) is 0 Å². The van der Waals surface area contributed by atoms with Gasteiger partial charge < -0.3 is 0 Å². The summed E-state index contributed by atoms with van der Waals surface area (Å²) in [5.41, 5.74) is 5.02. The second-order valence-electron chi connectivity index (χ2n) is 11.3. The summed E-state index contributed by atoms with van der Waals surface area (Å²) in [6, 6.07) is 47.1. The van der Waals surface area contributed by atoms with Crippen molar-refractivity contribution in [1.82, 2.24) is 14.5 Å². The number of rotatable bonds is 2. The molecule has 0 atom stereocenters. The van der Waals surface area contributed by atoms with Crippen molar-refractivity contribution < 1.29 is 1.37 Å². The maximum absolute atomic E-state index is 8.84. The van der Waals surface area contributed by atoms with Gasteiger partial charge in [0, 0.05) is 37.2 Å². The molecule has 10 rings (SSSR count). The molecule has 0 aliphatic carbocycles. The molecule has 0 bridgehead atoms. The van der Waals surface area contributed by atoms with Gasteiger partial charge in [-0.15, -0.1) is 11.3 Å². The van der Waals surface area contributed by atoms with Crippen LogP contribution in [0.25, 0.3) is 91.6 Å². The minimum atomic E-state index is 0.548. The van der Waals surface area contributed by atoms with Crippen LogP contribution in [-0.4, -0.2) is 14.5 Å². The van der Waals surface area contributed by atoms with E-state index in [4.69, 9.17) is 11.3 Å². The molecule has 7 aromatic carbocycles. The third-order valence-corrected chi connectivity index (χ3v) is 10.0. The Labute approximate surface area is 257 Å². The average Bonchev–Trinajstić information content (AvgIpc) is 3.66. The van der Waals surface area contributed by atoms with Crippen molar-refractivity contribution in [2.24, 2.45) is 0 Å². The van der Waals surface area contributed by atoms with Gasteiger partial charge in [0.15, 0.2) is 0 Å². The lowest BCUT2D eigenvalue weighted by molar-refractivity contribution is 1.02. The highest BCUT2D eigenvalue weighted by Crippen LogP contribution is 2.49. The molecule has 0 radical (unpaired) electrons. The van der Waals surface area contributed by atoms with Crippen LogP contribution >= 0.6 is 11.3 Å². The number of benzene rings is 7. The highest BCUT2D eigenvalue weighted by molar-refractivity contribution is 7.27.